The molecule has 204 valence electrons. The zero-order valence-corrected chi connectivity index (χ0v) is 24.0. The van der Waals surface area contributed by atoms with Crippen LogP contribution in [0.1, 0.15) is 69.0 Å². The molecule has 2 aliphatic carbocycles. The molecule has 5 rings (SSSR count). The van der Waals surface area contributed by atoms with Gasteiger partial charge in [-0.05, 0) is 71.4 Å². The van der Waals surface area contributed by atoms with Crippen LogP contribution in [0.25, 0.3) is 10.4 Å². The molecule has 1 amide bonds. The number of ether oxygens (including phenoxy) is 1. The normalized spacial score (nSPS) is 21.1. The quantitative estimate of drug-likeness (QED) is 0.297. The van der Waals surface area contributed by atoms with Gasteiger partial charge >= 0.3 is 6.09 Å². The Bertz CT molecular complexity index is 1410. The lowest BCUT2D eigenvalue weighted by Gasteiger charge is -2.28. The molecule has 9 nitrogen and oxygen atoms in total. The van der Waals surface area contributed by atoms with Crippen molar-refractivity contribution in [2.24, 2.45) is 4.36 Å². The number of amides is 1. The Labute approximate surface area is 228 Å². The maximum Gasteiger partial charge on any atom is 0.407 e. The minimum absolute atomic E-state index is 0.0895. The highest BCUT2D eigenvalue weighted by atomic mass is 32.2. The van der Waals surface area contributed by atoms with Crippen LogP contribution in [0, 0.1) is 6.92 Å². The second-order valence-electron chi connectivity index (χ2n) is 10.4. The molecule has 0 bridgehead atoms. The van der Waals surface area contributed by atoms with Crippen LogP contribution in [0.2, 0.25) is 0 Å². The predicted molar refractivity (Wildman–Crippen MR) is 152 cm³/mol. The lowest BCUT2D eigenvalue weighted by molar-refractivity contribution is 0.109. The average molecular weight is 557 g/mol. The number of nitrogens with one attached hydrogen (secondary N) is 3. The van der Waals surface area contributed by atoms with E-state index in [9.17, 15) is 9.00 Å². The number of aryl methyl sites for hydroxylation is 1. The minimum atomic E-state index is -2.56. The van der Waals surface area contributed by atoms with Crippen molar-refractivity contribution in [3.63, 3.8) is 0 Å². The highest BCUT2D eigenvalue weighted by Gasteiger charge is 2.37. The molecule has 2 fully saturated rings. The SMILES string of the molecule is CN=S(=O)(c1cc(Nc2cc(C)[nH]n2)ccc1-c1cnc([C@H]2CC[C@H](NC(=O)OC(C)C)CC2)s1)C1CC1. The van der Waals surface area contributed by atoms with E-state index in [-0.39, 0.29) is 23.5 Å². The zero-order chi connectivity index (χ0) is 26.9. The van der Waals surface area contributed by atoms with E-state index in [0.29, 0.717) is 5.92 Å². The van der Waals surface area contributed by atoms with Gasteiger partial charge in [-0.1, -0.05) is 6.07 Å². The second kappa shape index (κ2) is 11.1. The van der Waals surface area contributed by atoms with E-state index >= 15 is 0 Å². The Morgan fingerprint density at radius 2 is 1.95 bits per heavy atom. The highest BCUT2D eigenvalue weighted by molar-refractivity contribution is 7.94. The number of rotatable bonds is 8. The molecule has 2 aliphatic rings. The van der Waals surface area contributed by atoms with Gasteiger partial charge in [-0.2, -0.15) is 5.10 Å². The fourth-order valence-electron chi connectivity index (χ4n) is 4.99. The van der Waals surface area contributed by atoms with Crippen molar-refractivity contribution in [1.29, 1.82) is 0 Å². The van der Waals surface area contributed by atoms with E-state index < -0.39 is 9.73 Å². The molecule has 0 spiro atoms. The number of alkyl carbamates (subject to hydrolysis) is 1. The molecular formula is C27H36N6O3S2. The first kappa shape index (κ1) is 26.7. The van der Waals surface area contributed by atoms with Crippen molar-refractivity contribution in [3.05, 3.63) is 41.2 Å². The third kappa shape index (κ3) is 5.88. The van der Waals surface area contributed by atoms with Gasteiger partial charge in [0, 0.05) is 53.5 Å². The summed E-state index contributed by atoms with van der Waals surface area (Å²) >= 11 is 1.67. The van der Waals surface area contributed by atoms with Crippen LogP contribution in [0.4, 0.5) is 16.3 Å². The summed E-state index contributed by atoms with van der Waals surface area (Å²) in [5.74, 6) is 1.07. The molecule has 0 saturated heterocycles. The van der Waals surface area contributed by atoms with Crippen molar-refractivity contribution in [1.82, 2.24) is 20.5 Å². The molecule has 3 N–H and O–H groups in total. The Morgan fingerprint density at radius 1 is 1.18 bits per heavy atom. The van der Waals surface area contributed by atoms with E-state index in [1.807, 2.05) is 51.2 Å². The molecule has 1 atom stereocenters. The van der Waals surface area contributed by atoms with Crippen LogP contribution in [0.3, 0.4) is 0 Å². The van der Waals surface area contributed by atoms with Crippen molar-refractivity contribution in [2.75, 3.05) is 12.4 Å². The van der Waals surface area contributed by atoms with Gasteiger partial charge in [-0.3, -0.25) is 5.10 Å². The Kier molecular flexibility index (Phi) is 7.76. The molecule has 2 aromatic heterocycles. The molecule has 2 heterocycles. The number of hydrogen-bond acceptors (Lipinski definition) is 8. The number of benzene rings is 1. The topological polar surface area (TPSA) is 121 Å². The molecule has 3 aromatic rings. The van der Waals surface area contributed by atoms with Gasteiger partial charge < -0.3 is 15.4 Å². The Hall–Kier alpha value is -2.92. The van der Waals surface area contributed by atoms with Crippen molar-refractivity contribution >= 4 is 38.7 Å². The van der Waals surface area contributed by atoms with Gasteiger partial charge in [0.15, 0.2) is 5.82 Å². The smallest absolute Gasteiger partial charge is 0.407 e. The van der Waals surface area contributed by atoms with Crippen molar-refractivity contribution in [2.45, 2.75) is 87.5 Å². The first-order valence-electron chi connectivity index (χ1n) is 13.3. The summed E-state index contributed by atoms with van der Waals surface area (Å²) in [5.41, 5.74) is 2.73. The lowest BCUT2D eigenvalue weighted by atomic mass is 9.86. The number of carbonyl (C=O) groups excluding carboxylic acids is 1. The zero-order valence-electron chi connectivity index (χ0n) is 22.3. The number of aromatic amines is 1. The van der Waals surface area contributed by atoms with Gasteiger partial charge in [0.1, 0.15) is 0 Å². The summed E-state index contributed by atoms with van der Waals surface area (Å²) < 4.78 is 23.8. The molecule has 2 saturated carbocycles. The van der Waals surface area contributed by atoms with Crippen molar-refractivity contribution in [3.8, 4) is 10.4 Å². The predicted octanol–water partition coefficient (Wildman–Crippen LogP) is 6.37. The van der Waals surface area contributed by atoms with Crippen LogP contribution in [0.5, 0.6) is 0 Å². The molecule has 1 aromatic carbocycles. The van der Waals surface area contributed by atoms with Gasteiger partial charge in [0.25, 0.3) is 0 Å². The molecule has 38 heavy (non-hydrogen) atoms. The summed E-state index contributed by atoms with van der Waals surface area (Å²) in [7, 11) is -0.889. The van der Waals surface area contributed by atoms with E-state index in [2.05, 4.69) is 25.2 Å². The van der Waals surface area contributed by atoms with Crippen LogP contribution in [-0.4, -0.2) is 49.9 Å². The number of H-pyrrole nitrogens is 1. The second-order valence-corrected chi connectivity index (χ2v) is 14.1. The largest absolute Gasteiger partial charge is 0.447 e. The summed E-state index contributed by atoms with van der Waals surface area (Å²) in [6.45, 7) is 5.65. The Balaban J connectivity index is 1.36. The van der Waals surface area contributed by atoms with E-state index in [4.69, 9.17) is 9.72 Å². The van der Waals surface area contributed by atoms with Crippen molar-refractivity contribution < 1.29 is 13.7 Å². The first-order valence-corrected chi connectivity index (χ1v) is 15.6. The molecule has 11 heteroatoms. The van der Waals surface area contributed by atoms with Crippen LogP contribution >= 0.6 is 11.3 Å². The lowest BCUT2D eigenvalue weighted by Crippen LogP contribution is -2.38. The summed E-state index contributed by atoms with van der Waals surface area (Å²) in [5, 5.41) is 14.7. The standard InChI is InChI=1S/C27H36N6O3S2/c1-16(2)36-27(34)31-19-7-5-18(6-8-19)26-29-15-23(37-26)22-12-9-20(30-25-13-17(3)32-33-25)14-24(22)38(35,28-4)21-10-11-21/h9,12-16,18-19,21H,5-8,10-11H2,1-4H3,(H,31,34)(H2,30,32,33)/t18-,19-,38?. The number of thiazole rings is 1. The fourth-order valence-corrected chi connectivity index (χ4v) is 8.60. The third-order valence-electron chi connectivity index (χ3n) is 7.05. The number of carbonyl (C=O) groups is 1. The Morgan fingerprint density at radius 3 is 2.58 bits per heavy atom. The van der Waals surface area contributed by atoms with Gasteiger partial charge in [-0.25, -0.2) is 18.4 Å². The summed E-state index contributed by atoms with van der Waals surface area (Å²) in [6, 6.07) is 8.07. The number of nitrogens with zero attached hydrogens (tertiary/aromatic N) is 3. The molecular weight excluding hydrogens is 520 g/mol. The fraction of sp³-hybridized carbons (Fsp3) is 0.519. The van der Waals surface area contributed by atoms with E-state index in [1.165, 1.54) is 0 Å². The van der Waals surface area contributed by atoms with Crippen LogP contribution in [0.15, 0.2) is 39.7 Å². The van der Waals surface area contributed by atoms with Gasteiger partial charge in [0.05, 0.1) is 30.6 Å². The average Bonchev–Trinajstić information content (AvgIpc) is 3.51. The molecule has 0 radical (unpaired) electrons. The van der Waals surface area contributed by atoms with Crippen LogP contribution in [-0.2, 0) is 14.5 Å². The van der Waals surface area contributed by atoms with Crippen LogP contribution < -0.4 is 10.6 Å². The monoisotopic (exact) mass is 556 g/mol. The summed E-state index contributed by atoms with van der Waals surface area (Å²) in [4.78, 5) is 18.5. The first-order chi connectivity index (χ1) is 18.2. The number of hydrogen-bond donors (Lipinski definition) is 3. The van der Waals surface area contributed by atoms with Gasteiger partial charge in [-0.15, -0.1) is 11.3 Å². The maximum absolute atomic E-state index is 14.1. The van der Waals surface area contributed by atoms with E-state index in [0.717, 1.165) is 76.1 Å². The molecule has 1 unspecified atom stereocenters. The van der Waals surface area contributed by atoms with Gasteiger partial charge in [0.2, 0.25) is 0 Å². The number of anilines is 2. The number of aromatic nitrogens is 3. The van der Waals surface area contributed by atoms with E-state index in [1.54, 1.807) is 18.4 Å². The minimum Gasteiger partial charge on any atom is -0.447 e. The summed E-state index contributed by atoms with van der Waals surface area (Å²) in [6.07, 6.45) is 7.03. The highest BCUT2D eigenvalue weighted by Crippen LogP contribution is 2.44. The third-order valence-corrected chi connectivity index (χ3v) is 11.1. The molecule has 0 aliphatic heterocycles. The maximum atomic E-state index is 14.1.